The Morgan fingerprint density at radius 1 is 1.11 bits per heavy atom. The van der Waals surface area contributed by atoms with Gasteiger partial charge in [-0.1, -0.05) is 18.2 Å². The Hall–Kier alpha value is -3.76. The lowest BCUT2D eigenvalue weighted by Crippen LogP contribution is -2.57. The second kappa shape index (κ2) is 10.9. The van der Waals surface area contributed by atoms with Crippen LogP contribution in [-0.4, -0.2) is 77.3 Å². The lowest BCUT2D eigenvalue weighted by molar-refractivity contribution is -0.384. The van der Waals surface area contributed by atoms with Crippen LogP contribution in [0.15, 0.2) is 60.0 Å². The van der Waals surface area contributed by atoms with Crippen molar-refractivity contribution in [3.05, 3.63) is 91.7 Å². The zero-order valence-electron chi connectivity index (χ0n) is 21.4. The monoisotopic (exact) mass is 534 g/mol. The minimum Gasteiger partial charge on any atom is -0.497 e. The number of nitro groups is 1. The molecular weight excluding hydrogens is 504 g/mol. The maximum absolute atomic E-state index is 13.5. The quantitative estimate of drug-likeness (QED) is 0.351. The lowest BCUT2D eigenvalue weighted by atomic mass is 9.93. The van der Waals surface area contributed by atoms with Gasteiger partial charge in [0.15, 0.2) is 0 Å². The fraction of sp³-hybridized carbons (Fsp3) is 0.357. The van der Waals surface area contributed by atoms with Crippen LogP contribution < -0.4 is 4.74 Å². The number of hydrogen-bond acceptors (Lipinski definition) is 7. The molecule has 2 aliphatic heterocycles. The van der Waals surface area contributed by atoms with E-state index in [9.17, 15) is 19.7 Å². The first kappa shape index (κ1) is 25.9. The van der Waals surface area contributed by atoms with Crippen LogP contribution in [0.2, 0.25) is 0 Å². The maximum Gasteiger partial charge on any atom is 0.270 e. The number of benzene rings is 2. The second-order valence-corrected chi connectivity index (χ2v) is 10.7. The van der Waals surface area contributed by atoms with Gasteiger partial charge in [-0.15, -0.1) is 11.3 Å². The van der Waals surface area contributed by atoms with Crippen LogP contribution in [0.4, 0.5) is 5.69 Å². The number of hydrogen-bond donors (Lipinski definition) is 0. The highest BCUT2D eigenvalue weighted by Gasteiger charge is 2.35. The first-order chi connectivity index (χ1) is 18.4. The van der Waals surface area contributed by atoms with E-state index in [0.29, 0.717) is 19.6 Å². The molecular formula is C28H30N4O5S. The van der Waals surface area contributed by atoms with Gasteiger partial charge >= 0.3 is 0 Å². The number of amides is 2. The number of non-ortho nitro benzene ring substituents is 1. The van der Waals surface area contributed by atoms with Crippen molar-refractivity contribution in [3.8, 4) is 5.75 Å². The summed E-state index contributed by atoms with van der Waals surface area (Å²) in [5.41, 5.74) is 2.55. The summed E-state index contributed by atoms with van der Waals surface area (Å²) in [6.45, 7) is 4.21. The molecule has 2 aromatic carbocycles. The molecule has 0 saturated carbocycles. The Bertz CT molecular complexity index is 1340. The first-order valence-electron chi connectivity index (χ1n) is 12.6. The van der Waals surface area contributed by atoms with Crippen LogP contribution in [0.25, 0.3) is 0 Å². The number of fused-ring (bicyclic) bond motifs is 1. The van der Waals surface area contributed by atoms with Crippen molar-refractivity contribution in [2.75, 3.05) is 39.8 Å². The smallest absolute Gasteiger partial charge is 0.270 e. The van der Waals surface area contributed by atoms with Gasteiger partial charge in [-0.2, -0.15) is 0 Å². The van der Waals surface area contributed by atoms with E-state index >= 15 is 0 Å². The van der Waals surface area contributed by atoms with Crippen LogP contribution in [0, 0.1) is 10.1 Å². The third kappa shape index (κ3) is 5.14. The molecule has 0 unspecified atom stereocenters. The summed E-state index contributed by atoms with van der Waals surface area (Å²) in [7, 11) is 1.65. The van der Waals surface area contributed by atoms with Gasteiger partial charge in [-0.25, -0.2) is 0 Å². The average Bonchev–Trinajstić information content (AvgIpc) is 3.41. The molecule has 9 nitrogen and oxygen atoms in total. The highest BCUT2D eigenvalue weighted by molar-refractivity contribution is 7.10. The summed E-state index contributed by atoms with van der Waals surface area (Å²) < 4.78 is 5.33. The van der Waals surface area contributed by atoms with E-state index in [1.54, 1.807) is 29.4 Å². The van der Waals surface area contributed by atoms with Crippen molar-refractivity contribution in [3.63, 3.8) is 0 Å². The fourth-order valence-electron chi connectivity index (χ4n) is 5.39. The van der Waals surface area contributed by atoms with E-state index in [1.807, 2.05) is 24.0 Å². The van der Waals surface area contributed by atoms with Gasteiger partial charge in [0.05, 0.1) is 24.6 Å². The number of thiophene rings is 1. The molecule has 0 bridgehead atoms. The number of nitro benzene ring substituents is 1. The topological polar surface area (TPSA) is 96.2 Å². The average molecular weight is 535 g/mol. The van der Waals surface area contributed by atoms with Crippen molar-refractivity contribution in [2.24, 2.45) is 0 Å². The lowest BCUT2D eigenvalue weighted by Gasteiger charge is -2.42. The molecule has 38 heavy (non-hydrogen) atoms. The van der Waals surface area contributed by atoms with Crippen LogP contribution in [0.1, 0.15) is 39.3 Å². The van der Waals surface area contributed by atoms with E-state index in [4.69, 9.17) is 4.74 Å². The van der Waals surface area contributed by atoms with Crippen molar-refractivity contribution >= 4 is 28.8 Å². The molecule has 3 heterocycles. The molecule has 0 spiro atoms. The molecule has 2 aliphatic rings. The molecule has 5 rings (SSSR count). The number of nitrogens with zero attached hydrogens (tertiary/aromatic N) is 4. The molecule has 0 N–H and O–H groups in total. The highest BCUT2D eigenvalue weighted by Crippen LogP contribution is 2.38. The zero-order valence-corrected chi connectivity index (χ0v) is 22.2. The minimum atomic E-state index is -0.504. The molecule has 1 aromatic heterocycles. The van der Waals surface area contributed by atoms with Gasteiger partial charge in [-0.05, 0) is 54.1 Å². The summed E-state index contributed by atoms with van der Waals surface area (Å²) >= 11 is 1.76. The number of carbonyl (C=O) groups excluding carboxylic acids is 2. The first-order valence-corrected chi connectivity index (χ1v) is 13.5. The Labute approximate surface area is 225 Å². The summed E-state index contributed by atoms with van der Waals surface area (Å²) in [5, 5.41) is 13.2. The van der Waals surface area contributed by atoms with Gasteiger partial charge < -0.3 is 14.5 Å². The summed E-state index contributed by atoms with van der Waals surface area (Å²) in [5.74, 6) is 0.578. The van der Waals surface area contributed by atoms with Crippen molar-refractivity contribution in [1.29, 1.82) is 0 Å². The predicted molar refractivity (Wildman–Crippen MR) is 145 cm³/mol. The zero-order chi connectivity index (χ0) is 26.8. The van der Waals surface area contributed by atoms with E-state index in [2.05, 4.69) is 28.5 Å². The molecule has 1 fully saturated rings. The molecule has 198 valence electrons. The van der Waals surface area contributed by atoms with Crippen LogP contribution >= 0.6 is 11.3 Å². The van der Waals surface area contributed by atoms with E-state index in [1.165, 1.54) is 28.6 Å². The largest absolute Gasteiger partial charge is 0.497 e. The van der Waals surface area contributed by atoms with Crippen LogP contribution in [-0.2, 0) is 11.2 Å². The number of ether oxygens (including phenoxy) is 1. The van der Waals surface area contributed by atoms with Gasteiger partial charge in [0.25, 0.3) is 11.6 Å². The molecule has 0 radical (unpaired) electrons. The van der Waals surface area contributed by atoms with E-state index < -0.39 is 4.92 Å². The third-order valence-electron chi connectivity index (χ3n) is 7.38. The normalized spacial score (nSPS) is 19.6. The number of piperazine rings is 1. The van der Waals surface area contributed by atoms with Gasteiger partial charge in [0.2, 0.25) is 5.91 Å². The maximum atomic E-state index is 13.5. The predicted octanol–water partition coefficient (Wildman–Crippen LogP) is 3.99. The Balaban J connectivity index is 1.27. The molecule has 2 atom stereocenters. The van der Waals surface area contributed by atoms with Crippen LogP contribution in [0.3, 0.4) is 0 Å². The molecule has 10 heteroatoms. The van der Waals surface area contributed by atoms with Crippen molar-refractivity contribution < 1.29 is 19.2 Å². The SMILES string of the molecule is COc1ccc([C@@H]2c3ccsc3CCN2CC(=O)N2CCN(C(=O)c3cccc([N+](=O)[O-])c3)[C@@H](C)C2)cc1. The molecule has 1 saturated heterocycles. The third-order valence-corrected chi connectivity index (χ3v) is 8.38. The Kier molecular flexibility index (Phi) is 7.44. The number of methoxy groups -OCH3 is 1. The summed E-state index contributed by atoms with van der Waals surface area (Å²) in [6, 6.07) is 15.8. The van der Waals surface area contributed by atoms with Crippen LogP contribution in [0.5, 0.6) is 5.75 Å². The summed E-state index contributed by atoms with van der Waals surface area (Å²) in [6.07, 6.45) is 0.912. The molecule has 0 aliphatic carbocycles. The molecule has 2 amide bonds. The minimum absolute atomic E-state index is 0.00554. The van der Waals surface area contributed by atoms with Crippen molar-refractivity contribution in [2.45, 2.75) is 25.4 Å². The fourth-order valence-corrected chi connectivity index (χ4v) is 6.30. The molecule has 3 aromatic rings. The Morgan fingerprint density at radius 3 is 2.61 bits per heavy atom. The highest BCUT2D eigenvalue weighted by atomic mass is 32.1. The van der Waals surface area contributed by atoms with Gasteiger partial charge in [0, 0.05) is 54.8 Å². The Morgan fingerprint density at radius 2 is 1.89 bits per heavy atom. The van der Waals surface area contributed by atoms with Gasteiger partial charge in [0.1, 0.15) is 5.75 Å². The van der Waals surface area contributed by atoms with E-state index in [-0.39, 0.29) is 41.7 Å². The number of carbonyl (C=O) groups is 2. The second-order valence-electron chi connectivity index (χ2n) is 9.69. The number of rotatable bonds is 6. The summed E-state index contributed by atoms with van der Waals surface area (Å²) in [4.78, 5) is 44.3. The van der Waals surface area contributed by atoms with Gasteiger partial charge in [-0.3, -0.25) is 24.6 Å². The van der Waals surface area contributed by atoms with Crippen molar-refractivity contribution in [1.82, 2.24) is 14.7 Å². The van der Waals surface area contributed by atoms with E-state index in [0.717, 1.165) is 24.3 Å². The standard InChI is InChI=1S/C28H30N4O5S/c1-19-17-29(13-14-31(19)28(34)21-4-3-5-22(16-21)32(35)36)26(33)18-30-12-10-25-24(11-15-38-25)27(30)20-6-8-23(37-2)9-7-20/h3-9,11,15-16,19,27H,10,12-14,17-18H2,1-2H3/t19-,27+/m0/s1.